The van der Waals surface area contributed by atoms with E-state index >= 15 is 0 Å². The minimum absolute atomic E-state index is 0.0742. The lowest BCUT2D eigenvalue weighted by Crippen LogP contribution is -2.14. The van der Waals surface area contributed by atoms with Crippen molar-refractivity contribution in [3.8, 4) is 0 Å². The van der Waals surface area contributed by atoms with Gasteiger partial charge in [-0.2, -0.15) is 0 Å². The van der Waals surface area contributed by atoms with E-state index in [0.717, 1.165) is 102 Å². The number of aromatic amines is 2. The smallest absolute Gasteiger partial charge is 0.273 e. The molecule has 0 saturated carbocycles. The molecule has 224 valence electrons. The van der Waals surface area contributed by atoms with Crippen molar-refractivity contribution < 1.29 is 9.53 Å². The van der Waals surface area contributed by atoms with Gasteiger partial charge in [0.25, 0.3) is 5.91 Å². The van der Waals surface area contributed by atoms with Gasteiger partial charge in [0.2, 0.25) is 5.90 Å². The van der Waals surface area contributed by atoms with E-state index in [4.69, 9.17) is 9.73 Å². The second-order valence-corrected chi connectivity index (χ2v) is 11.2. The van der Waals surface area contributed by atoms with Gasteiger partial charge < -0.3 is 14.7 Å². The van der Waals surface area contributed by atoms with Crippen molar-refractivity contribution in [3.63, 3.8) is 0 Å². The number of methoxy groups -OCH3 is 1. The van der Waals surface area contributed by atoms with Crippen molar-refractivity contribution in [3.05, 3.63) is 72.3 Å². The Labute approximate surface area is 251 Å². The molecule has 0 atom stereocenters. The summed E-state index contributed by atoms with van der Waals surface area (Å²) in [5, 5.41) is 2.11. The Morgan fingerprint density at radius 1 is 0.667 bits per heavy atom. The molecule has 6 heteroatoms. The first-order valence-electron chi connectivity index (χ1n) is 15.8. The molecule has 4 heterocycles. The van der Waals surface area contributed by atoms with Crippen LogP contribution < -0.4 is 10.7 Å². The number of hydrogen-bond donors (Lipinski definition) is 2. The summed E-state index contributed by atoms with van der Waals surface area (Å²) < 4.78 is 5.66. The number of nitrogens with one attached hydrogen (secondary N) is 2. The van der Waals surface area contributed by atoms with E-state index in [9.17, 15) is 4.79 Å². The lowest BCUT2D eigenvalue weighted by molar-refractivity contribution is -0.114. The molecule has 2 aromatic rings. The number of H-pyrrole nitrogens is 2. The van der Waals surface area contributed by atoms with Crippen LogP contribution in [0.2, 0.25) is 0 Å². The van der Waals surface area contributed by atoms with Crippen LogP contribution in [0.1, 0.15) is 114 Å². The maximum absolute atomic E-state index is 12.6. The minimum Gasteiger partial charge on any atom is -0.481 e. The third kappa shape index (κ3) is 5.81. The van der Waals surface area contributed by atoms with E-state index in [1.165, 1.54) is 33.4 Å². The summed E-state index contributed by atoms with van der Waals surface area (Å²) in [6, 6.07) is 0. The van der Waals surface area contributed by atoms with Gasteiger partial charge in [-0.15, -0.1) is 0 Å². The minimum atomic E-state index is -0.0742. The summed E-state index contributed by atoms with van der Waals surface area (Å²) >= 11 is 0. The van der Waals surface area contributed by atoms with E-state index in [1.54, 1.807) is 7.11 Å². The molecule has 0 aliphatic carbocycles. The molecule has 0 bridgehead atoms. The van der Waals surface area contributed by atoms with Crippen LogP contribution in [0.4, 0.5) is 0 Å². The van der Waals surface area contributed by atoms with E-state index < -0.39 is 0 Å². The molecule has 2 aliphatic heterocycles. The average Bonchev–Trinajstić information content (AvgIpc) is 3.66. The zero-order valence-electron chi connectivity index (χ0n) is 27.1. The predicted octanol–water partition coefficient (Wildman–Crippen LogP) is 7.09. The Kier molecular flexibility index (Phi) is 10.1. The van der Waals surface area contributed by atoms with E-state index in [0.29, 0.717) is 0 Å². The molecule has 4 rings (SSSR count). The largest absolute Gasteiger partial charge is 0.481 e. The fraction of sp³-hybridized carbons (Fsp3) is 0.472. The van der Waals surface area contributed by atoms with Gasteiger partial charge in [0.05, 0.1) is 18.5 Å². The number of carbonyl (C=O) groups excluding carboxylic acids is 1. The average molecular weight is 569 g/mol. The molecule has 0 unspecified atom stereocenters. The van der Waals surface area contributed by atoms with Gasteiger partial charge in [0.1, 0.15) is 0 Å². The van der Waals surface area contributed by atoms with E-state index in [-0.39, 0.29) is 5.91 Å². The van der Waals surface area contributed by atoms with Gasteiger partial charge in [0, 0.05) is 33.2 Å². The fourth-order valence-corrected chi connectivity index (χ4v) is 6.49. The van der Waals surface area contributed by atoms with Crippen LogP contribution in [0.5, 0.6) is 0 Å². The molecular weight excluding hydrogens is 520 g/mol. The first-order valence-corrected chi connectivity index (χ1v) is 15.8. The lowest BCUT2D eigenvalue weighted by Gasteiger charge is -2.06. The van der Waals surface area contributed by atoms with Crippen molar-refractivity contribution in [2.75, 3.05) is 7.11 Å². The first kappa shape index (κ1) is 31.3. The van der Waals surface area contributed by atoms with Gasteiger partial charge in [0.15, 0.2) is 0 Å². The molecule has 42 heavy (non-hydrogen) atoms. The zero-order chi connectivity index (χ0) is 30.6. The summed E-state index contributed by atoms with van der Waals surface area (Å²) in [5.41, 5.74) is 13.5. The third-order valence-corrected chi connectivity index (χ3v) is 8.67. The van der Waals surface area contributed by atoms with Crippen molar-refractivity contribution in [2.24, 2.45) is 9.98 Å². The normalized spacial score (nSPS) is 17.5. The Hall–Kier alpha value is -3.67. The van der Waals surface area contributed by atoms with Gasteiger partial charge in [-0.3, -0.25) is 4.79 Å². The van der Waals surface area contributed by atoms with Crippen molar-refractivity contribution in [1.82, 2.24) is 9.97 Å². The molecule has 2 aromatic heterocycles. The van der Waals surface area contributed by atoms with Crippen LogP contribution in [0.25, 0.3) is 18.2 Å². The van der Waals surface area contributed by atoms with Crippen molar-refractivity contribution in [1.29, 1.82) is 0 Å². The van der Waals surface area contributed by atoms with Crippen LogP contribution >= 0.6 is 0 Å². The second kappa shape index (κ2) is 13.5. The summed E-state index contributed by atoms with van der Waals surface area (Å²) in [4.78, 5) is 29.4. The monoisotopic (exact) mass is 568 g/mol. The molecule has 2 aliphatic rings. The molecular formula is C36H48N4O2. The van der Waals surface area contributed by atoms with Crippen LogP contribution in [0, 0.1) is 13.8 Å². The number of amides is 1. The van der Waals surface area contributed by atoms with Gasteiger partial charge in [-0.05, 0) is 104 Å². The molecule has 0 saturated heterocycles. The fourth-order valence-electron chi connectivity index (χ4n) is 6.49. The quantitative estimate of drug-likeness (QED) is 0.303. The summed E-state index contributed by atoms with van der Waals surface area (Å²) in [7, 11) is 1.71. The summed E-state index contributed by atoms with van der Waals surface area (Å²) in [5.74, 6) is 0.677. The molecule has 0 spiro atoms. The number of allylic oxidation sites excluding steroid dienone is 2. The summed E-state index contributed by atoms with van der Waals surface area (Å²) in [6.07, 6.45) is 13.8. The van der Waals surface area contributed by atoms with Crippen molar-refractivity contribution >= 4 is 35.7 Å². The highest BCUT2D eigenvalue weighted by atomic mass is 16.5. The molecule has 2 N–H and O–H groups in total. The number of ether oxygens (including phenoxy) is 1. The predicted molar refractivity (Wildman–Crippen MR) is 176 cm³/mol. The number of nitrogens with zero attached hydrogens (tertiary/aromatic N) is 2. The Balaban J connectivity index is 1.83. The van der Waals surface area contributed by atoms with Gasteiger partial charge >= 0.3 is 0 Å². The molecule has 6 nitrogen and oxygen atoms in total. The molecule has 0 aromatic carbocycles. The molecule has 0 radical (unpaired) electrons. The number of hydrogen-bond acceptors (Lipinski definition) is 3. The Bertz CT molecular complexity index is 1650. The molecule has 1 amide bonds. The highest BCUT2D eigenvalue weighted by molar-refractivity contribution is 6.31. The summed E-state index contributed by atoms with van der Waals surface area (Å²) in [6.45, 7) is 17.4. The highest BCUT2D eigenvalue weighted by Gasteiger charge is 2.25. The zero-order valence-corrected chi connectivity index (χ0v) is 27.1. The van der Waals surface area contributed by atoms with Crippen LogP contribution in [0.3, 0.4) is 0 Å². The van der Waals surface area contributed by atoms with Crippen LogP contribution in [-0.2, 0) is 22.4 Å². The van der Waals surface area contributed by atoms with Gasteiger partial charge in [-0.25, -0.2) is 9.98 Å². The van der Waals surface area contributed by atoms with Gasteiger partial charge in [-0.1, -0.05) is 54.4 Å². The Morgan fingerprint density at radius 3 is 1.93 bits per heavy atom. The SMILES string of the molecule is CCCC1=C(CC)C(C=c2[nH]c(=Cc3[nH]c(/C=C4\N=C(OC)C(CCC)=C4CC)c(C)c3CC)c(CC)c2C)=NC1=O. The number of carbonyl (C=O) groups is 1. The maximum atomic E-state index is 12.6. The lowest BCUT2D eigenvalue weighted by atomic mass is 9.99. The topological polar surface area (TPSA) is 82.6 Å². The standard InChI is InChI=1S/C36H48N4O2/c1-10-16-27-25(14-5)33(39-35(27)41)18-29-21(7)23(12-3)31(37-29)20-32-24(13-4)22(8)30(38-32)19-34-26(15-6)28(17-11-2)36(40-34)42-9/h18-20,37-38H,10-17H2,1-9H3/b29-18?,31-20?,34-19-. The molecule has 0 fully saturated rings. The maximum Gasteiger partial charge on any atom is 0.273 e. The van der Waals surface area contributed by atoms with Crippen LogP contribution in [0.15, 0.2) is 38.0 Å². The number of aliphatic imine (C=N–C) groups is 2. The van der Waals surface area contributed by atoms with Crippen LogP contribution in [-0.4, -0.2) is 34.6 Å². The second-order valence-electron chi connectivity index (χ2n) is 11.2. The van der Waals surface area contributed by atoms with E-state index in [1.807, 2.05) is 0 Å². The highest BCUT2D eigenvalue weighted by Crippen LogP contribution is 2.33. The first-order chi connectivity index (χ1) is 20.3. The number of aromatic nitrogens is 2. The number of rotatable bonds is 11. The van der Waals surface area contributed by atoms with E-state index in [2.05, 4.69) is 88.6 Å². The third-order valence-electron chi connectivity index (χ3n) is 8.67. The Morgan fingerprint density at radius 2 is 1.33 bits per heavy atom. The van der Waals surface area contributed by atoms with Crippen molar-refractivity contribution in [2.45, 2.75) is 107 Å².